The van der Waals surface area contributed by atoms with Crippen LogP contribution in [0.15, 0.2) is 46.9 Å². The lowest BCUT2D eigenvalue weighted by Gasteiger charge is -2.17. The second-order valence-corrected chi connectivity index (χ2v) is 8.25. The molecule has 0 spiro atoms. The van der Waals surface area contributed by atoms with Gasteiger partial charge in [0.05, 0.1) is 5.75 Å². The molecule has 0 radical (unpaired) electrons. The number of hydrogen-bond acceptors (Lipinski definition) is 2. The van der Waals surface area contributed by atoms with E-state index in [4.69, 9.17) is 0 Å². The van der Waals surface area contributed by atoms with Crippen LogP contribution in [0.1, 0.15) is 35.2 Å². The number of hydrogen-bond donors (Lipinski definition) is 1. The van der Waals surface area contributed by atoms with Crippen molar-refractivity contribution in [3.05, 3.63) is 69.2 Å². The number of benzene rings is 2. The van der Waals surface area contributed by atoms with Gasteiger partial charge in [0.25, 0.3) is 0 Å². The smallest absolute Gasteiger partial charge is 0.212 e. The van der Waals surface area contributed by atoms with E-state index in [1.54, 1.807) is 0 Å². The molecule has 0 amide bonds. The maximum atomic E-state index is 12.3. The van der Waals surface area contributed by atoms with Gasteiger partial charge in [0.15, 0.2) is 0 Å². The summed E-state index contributed by atoms with van der Waals surface area (Å²) in [6.45, 7) is 5.90. The minimum Gasteiger partial charge on any atom is -0.212 e. The van der Waals surface area contributed by atoms with Crippen LogP contribution in [0.3, 0.4) is 0 Å². The molecule has 2 aromatic carbocycles. The first-order valence-electron chi connectivity index (χ1n) is 7.08. The number of sulfonamides is 1. The van der Waals surface area contributed by atoms with Crippen LogP contribution in [-0.4, -0.2) is 8.42 Å². The predicted octanol–water partition coefficient (Wildman–Crippen LogP) is 4.25. The fourth-order valence-corrected chi connectivity index (χ4v) is 4.13. The van der Waals surface area contributed by atoms with Crippen molar-refractivity contribution in [1.82, 2.24) is 4.72 Å². The summed E-state index contributed by atoms with van der Waals surface area (Å²) in [5, 5.41) is 0. The molecule has 0 heterocycles. The van der Waals surface area contributed by atoms with Gasteiger partial charge < -0.3 is 0 Å². The highest BCUT2D eigenvalue weighted by atomic mass is 79.9. The van der Waals surface area contributed by atoms with Crippen LogP contribution in [0.2, 0.25) is 0 Å². The minimum absolute atomic E-state index is 0.0183. The van der Waals surface area contributed by atoms with Gasteiger partial charge in [0.1, 0.15) is 0 Å². The Morgan fingerprint density at radius 3 is 2.32 bits per heavy atom. The Balaban J connectivity index is 2.12. The largest absolute Gasteiger partial charge is 0.216 e. The molecule has 0 unspecified atom stereocenters. The van der Waals surface area contributed by atoms with Gasteiger partial charge in [-0.2, -0.15) is 0 Å². The zero-order chi connectivity index (χ0) is 16.3. The van der Waals surface area contributed by atoms with Gasteiger partial charge in [-0.05, 0) is 49.6 Å². The molecule has 0 fully saturated rings. The van der Waals surface area contributed by atoms with Crippen molar-refractivity contribution in [2.24, 2.45) is 0 Å². The third kappa shape index (κ3) is 4.66. The third-order valence-corrected chi connectivity index (χ3v) is 5.47. The fraction of sp³-hybridized carbons (Fsp3) is 0.294. The summed E-state index contributed by atoms with van der Waals surface area (Å²) < 4.78 is 28.3. The van der Waals surface area contributed by atoms with E-state index in [1.807, 2.05) is 57.2 Å². The van der Waals surface area contributed by atoms with Crippen LogP contribution in [0.5, 0.6) is 0 Å². The molecule has 0 saturated heterocycles. The van der Waals surface area contributed by atoms with Crippen molar-refractivity contribution in [3.8, 4) is 0 Å². The van der Waals surface area contributed by atoms with E-state index in [1.165, 1.54) is 5.56 Å². The monoisotopic (exact) mass is 381 g/mol. The van der Waals surface area contributed by atoms with E-state index in [0.29, 0.717) is 0 Å². The lowest BCUT2D eigenvalue weighted by Crippen LogP contribution is -2.28. The quantitative estimate of drug-likeness (QED) is 0.841. The van der Waals surface area contributed by atoms with Crippen molar-refractivity contribution in [2.75, 3.05) is 0 Å². The van der Waals surface area contributed by atoms with Crippen molar-refractivity contribution < 1.29 is 8.42 Å². The van der Waals surface area contributed by atoms with E-state index < -0.39 is 10.0 Å². The average Bonchev–Trinajstić information content (AvgIpc) is 2.40. The van der Waals surface area contributed by atoms with E-state index in [0.717, 1.165) is 21.2 Å². The van der Waals surface area contributed by atoms with Gasteiger partial charge in [0, 0.05) is 10.5 Å². The first-order valence-corrected chi connectivity index (χ1v) is 9.53. The van der Waals surface area contributed by atoms with Crippen molar-refractivity contribution in [1.29, 1.82) is 0 Å². The Morgan fingerprint density at radius 2 is 1.73 bits per heavy atom. The summed E-state index contributed by atoms with van der Waals surface area (Å²) in [5.74, 6) is -0.0183. The Kier molecular flexibility index (Phi) is 5.42. The summed E-state index contributed by atoms with van der Waals surface area (Å²) in [7, 11) is -3.39. The fourth-order valence-electron chi connectivity index (χ4n) is 2.49. The van der Waals surface area contributed by atoms with Gasteiger partial charge >= 0.3 is 0 Å². The van der Waals surface area contributed by atoms with E-state index in [2.05, 4.69) is 26.7 Å². The Hall–Kier alpha value is -1.17. The van der Waals surface area contributed by atoms with Crippen molar-refractivity contribution in [2.45, 2.75) is 32.6 Å². The van der Waals surface area contributed by atoms with Gasteiger partial charge in [-0.1, -0.05) is 51.8 Å². The zero-order valence-electron chi connectivity index (χ0n) is 12.9. The lowest BCUT2D eigenvalue weighted by molar-refractivity contribution is 0.565. The maximum absolute atomic E-state index is 12.3. The van der Waals surface area contributed by atoms with Crippen LogP contribution < -0.4 is 4.72 Å². The molecule has 0 saturated carbocycles. The predicted molar refractivity (Wildman–Crippen MR) is 94.2 cm³/mol. The molecule has 2 rings (SSSR count). The van der Waals surface area contributed by atoms with Crippen LogP contribution in [-0.2, 0) is 15.8 Å². The number of rotatable bonds is 5. The Morgan fingerprint density at radius 1 is 1.09 bits per heavy atom. The van der Waals surface area contributed by atoms with E-state index in [-0.39, 0.29) is 11.8 Å². The molecule has 0 aliphatic rings. The normalized spacial score (nSPS) is 13.1. The lowest BCUT2D eigenvalue weighted by atomic mass is 10.0. The molecule has 1 atom stereocenters. The summed E-state index contributed by atoms with van der Waals surface area (Å²) in [6.07, 6.45) is 0. The highest BCUT2D eigenvalue weighted by Crippen LogP contribution is 2.20. The van der Waals surface area contributed by atoms with E-state index >= 15 is 0 Å². The van der Waals surface area contributed by atoms with Crippen LogP contribution >= 0.6 is 15.9 Å². The maximum Gasteiger partial charge on any atom is 0.216 e. The molecule has 0 aromatic heterocycles. The molecule has 0 bridgehead atoms. The second-order valence-electron chi connectivity index (χ2n) is 5.59. The molecule has 5 heteroatoms. The van der Waals surface area contributed by atoms with Gasteiger partial charge in [-0.3, -0.25) is 0 Å². The highest BCUT2D eigenvalue weighted by Gasteiger charge is 2.17. The zero-order valence-corrected chi connectivity index (χ0v) is 15.3. The molecule has 0 aliphatic heterocycles. The molecule has 2 aromatic rings. The standard InChI is InChI=1S/C17H20BrNO2S/c1-12-4-9-17(13(2)10-12)14(3)19-22(20,21)11-15-5-7-16(18)8-6-15/h4-10,14,19H,11H2,1-3H3/t14-/m0/s1. The first kappa shape index (κ1) is 17.2. The molecular weight excluding hydrogens is 362 g/mol. The van der Waals surface area contributed by atoms with Crippen LogP contribution in [0, 0.1) is 13.8 Å². The molecular formula is C17H20BrNO2S. The highest BCUT2D eigenvalue weighted by molar-refractivity contribution is 9.10. The van der Waals surface area contributed by atoms with Gasteiger partial charge in [0.2, 0.25) is 10.0 Å². The second kappa shape index (κ2) is 6.94. The SMILES string of the molecule is Cc1ccc([C@H](C)NS(=O)(=O)Cc2ccc(Br)cc2)c(C)c1. The third-order valence-electron chi connectivity index (χ3n) is 3.52. The average molecular weight is 382 g/mol. The molecule has 118 valence electrons. The molecule has 0 aliphatic carbocycles. The van der Waals surface area contributed by atoms with Gasteiger partial charge in [-0.25, -0.2) is 13.1 Å². The van der Waals surface area contributed by atoms with Crippen molar-refractivity contribution >= 4 is 26.0 Å². The summed E-state index contributed by atoms with van der Waals surface area (Å²) >= 11 is 3.34. The summed E-state index contributed by atoms with van der Waals surface area (Å²) in [5.41, 5.74) is 4.04. The van der Waals surface area contributed by atoms with Crippen LogP contribution in [0.25, 0.3) is 0 Å². The van der Waals surface area contributed by atoms with E-state index in [9.17, 15) is 8.42 Å². The number of aryl methyl sites for hydroxylation is 2. The molecule has 22 heavy (non-hydrogen) atoms. The topological polar surface area (TPSA) is 46.2 Å². The van der Waals surface area contributed by atoms with Crippen molar-refractivity contribution in [3.63, 3.8) is 0 Å². The number of nitrogens with one attached hydrogen (secondary N) is 1. The minimum atomic E-state index is -3.39. The summed E-state index contributed by atoms with van der Waals surface area (Å²) in [6, 6.07) is 13.1. The molecule has 3 nitrogen and oxygen atoms in total. The summed E-state index contributed by atoms with van der Waals surface area (Å²) in [4.78, 5) is 0. The Labute approximate surface area is 140 Å². The van der Waals surface area contributed by atoms with Gasteiger partial charge in [-0.15, -0.1) is 0 Å². The number of halogens is 1. The van der Waals surface area contributed by atoms with Crippen LogP contribution in [0.4, 0.5) is 0 Å². The molecule has 1 N–H and O–H groups in total. The Bertz CT molecular complexity index is 755. The first-order chi connectivity index (χ1) is 10.3.